The quantitative estimate of drug-likeness (QED) is 0.699. The molecule has 0 unspecified atom stereocenters. The molecule has 1 aliphatic heterocycles. The van der Waals surface area contributed by atoms with Gasteiger partial charge in [-0.2, -0.15) is 18.2 Å². The van der Waals surface area contributed by atoms with E-state index < -0.39 is 11.9 Å². The molecule has 1 saturated heterocycles. The van der Waals surface area contributed by atoms with Gasteiger partial charge in [-0.1, -0.05) is 6.07 Å². The third-order valence-electron chi connectivity index (χ3n) is 4.53. The molecular weight excluding hydrogens is 359 g/mol. The molecule has 9 heteroatoms. The highest BCUT2D eigenvalue weighted by atomic mass is 19.4. The van der Waals surface area contributed by atoms with E-state index in [-0.39, 0.29) is 12.1 Å². The smallest absolute Gasteiger partial charge is 0.433 e. The Morgan fingerprint density at radius 2 is 1.93 bits per heavy atom. The van der Waals surface area contributed by atoms with Crippen LogP contribution in [0.5, 0.6) is 6.01 Å². The average Bonchev–Trinajstić information content (AvgIpc) is 3.05. The van der Waals surface area contributed by atoms with E-state index in [1.54, 1.807) is 0 Å². The Balaban J connectivity index is 1.32. The third-order valence-corrected chi connectivity index (χ3v) is 4.53. The van der Waals surface area contributed by atoms with E-state index in [1.807, 2.05) is 35.0 Å². The first-order valence-corrected chi connectivity index (χ1v) is 8.69. The van der Waals surface area contributed by atoms with Crippen LogP contribution in [0.25, 0.3) is 5.65 Å². The second-order valence-electron chi connectivity index (χ2n) is 6.51. The molecule has 0 saturated carbocycles. The zero-order chi connectivity index (χ0) is 18.9. The summed E-state index contributed by atoms with van der Waals surface area (Å²) < 4.78 is 45.7. The summed E-state index contributed by atoms with van der Waals surface area (Å²) in [6, 6.07) is 6.48. The van der Waals surface area contributed by atoms with Gasteiger partial charge in [0.1, 0.15) is 11.8 Å². The number of ether oxygens (including phenoxy) is 1. The number of imidazole rings is 1. The van der Waals surface area contributed by atoms with Gasteiger partial charge in [0.25, 0.3) is 0 Å². The number of pyridine rings is 1. The summed E-state index contributed by atoms with van der Waals surface area (Å²) in [6.07, 6.45) is 1.75. The zero-order valence-corrected chi connectivity index (χ0v) is 14.4. The summed E-state index contributed by atoms with van der Waals surface area (Å²) in [7, 11) is 0. The van der Waals surface area contributed by atoms with Crippen LogP contribution < -0.4 is 4.74 Å². The maximum Gasteiger partial charge on any atom is 0.433 e. The first-order valence-electron chi connectivity index (χ1n) is 8.69. The highest BCUT2D eigenvalue weighted by Gasteiger charge is 2.33. The molecule has 4 rings (SSSR count). The van der Waals surface area contributed by atoms with Crippen LogP contribution in [0.15, 0.2) is 42.9 Å². The van der Waals surface area contributed by atoms with Crippen LogP contribution in [0, 0.1) is 0 Å². The van der Waals surface area contributed by atoms with Gasteiger partial charge in [0.05, 0.1) is 5.69 Å². The van der Waals surface area contributed by atoms with Gasteiger partial charge in [-0.25, -0.2) is 9.97 Å². The van der Waals surface area contributed by atoms with E-state index in [9.17, 15) is 13.2 Å². The van der Waals surface area contributed by atoms with E-state index in [4.69, 9.17) is 4.74 Å². The summed E-state index contributed by atoms with van der Waals surface area (Å²) in [5, 5.41) is 0. The lowest BCUT2D eigenvalue weighted by atomic mass is 10.1. The second kappa shape index (κ2) is 7.15. The lowest BCUT2D eigenvalue weighted by Crippen LogP contribution is -2.38. The SMILES string of the molecule is FC(F)(F)c1ccnc(OC2CCN(Cc3cn4ccccc4n3)CC2)n1. The van der Waals surface area contributed by atoms with E-state index in [0.717, 1.165) is 43.2 Å². The van der Waals surface area contributed by atoms with Gasteiger partial charge in [-0.3, -0.25) is 4.90 Å². The van der Waals surface area contributed by atoms with Crippen LogP contribution in [0.3, 0.4) is 0 Å². The monoisotopic (exact) mass is 377 g/mol. The number of aromatic nitrogens is 4. The van der Waals surface area contributed by atoms with Crippen molar-refractivity contribution in [1.29, 1.82) is 0 Å². The van der Waals surface area contributed by atoms with E-state index in [0.29, 0.717) is 12.8 Å². The minimum atomic E-state index is -4.50. The summed E-state index contributed by atoms with van der Waals surface area (Å²) in [4.78, 5) is 14.1. The fourth-order valence-corrected chi connectivity index (χ4v) is 3.18. The maximum atomic E-state index is 12.7. The molecule has 0 amide bonds. The Morgan fingerprint density at radius 1 is 1.11 bits per heavy atom. The molecule has 3 aromatic heterocycles. The summed E-state index contributed by atoms with van der Waals surface area (Å²) >= 11 is 0. The zero-order valence-electron chi connectivity index (χ0n) is 14.4. The fourth-order valence-electron chi connectivity index (χ4n) is 3.18. The Labute approximate surface area is 153 Å². The van der Waals surface area contributed by atoms with Crippen LogP contribution >= 0.6 is 0 Å². The predicted octanol–water partition coefficient (Wildman–Crippen LogP) is 3.19. The normalized spacial score (nSPS) is 16.7. The van der Waals surface area contributed by atoms with Crippen molar-refractivity contribution in [3.05, 3.63) is 54.2 Å². The predicted molar refractivity (Wildman–Crippen MR) is 91.2 cm³/mol. The van der Waals surface area contributed by atoms with Crippen molar-refractivity contribution in [3.8, 4) is 6.01 Å². The number of halogens is 3. The molecule has 6 nitrogen and oxygen atoms in total. The van der Waals surface area contributed by atoms with Crippen LogP contribution in [0.4, 0.5) is 13.2 Å². The molecule has 0 aromatic carbocycles. The van der Waals surface area contributed by atoms with Crippen molar-refractivity contribution in [3.63, 3.8) is 0 Å². The first kappa shape index (κ1) is 17.7. The molecule has 142 valence electrons. The van der Waals surface area contributed by atoms with Crippen molar-refractivity contribution < 1.29 is 17.9 Å². The van der Waals surface area contributed by atoms with Gasteiger partial charge in [0.15, 0.2) is 5.69 Å². The van der Waals surface area contributed by atoms with Gasteiger partial charge in [0, 0.05) is 38.2 Å². The lowest BCUT2D eigenvalue weighted by molar-refractivity contribution is -0.141. The summed E-state index contributed by atoms with van der Waals surface area (Å²) in [6.45, 7) is 2.28. The molecule has 0 radical (unpaired) electrons. The number of fused-ring (bicyclic) bond motifs is 1. The van der Waals surface area contributed by atoms with E-state index in [1.165, 1.54) is 0 Å². The summed E-state index contributed by atoms with van der Waals surface area (Å²) in [5.74, 6) is 0. The van der Waals surface area contributed by atoms with E-state index >= 15 is 0 Å². The van der Waals surface area contributed by atoms with Crippen LogP contribution in [-0.4, -0.2) is 43.4 Å². The highest BCUT2D eigenvalue weighted by Crippen LogP contribution is 2.28. The molecule has 0 aliphatic carbocycles. The number of alkyl halides is 3. The van der Waals surface area contributed by atoms with Crippen LogP contribution in [0.2, 0.25) is 0 Å². The van der Waals surface area contributed by atoms with Gasteiger partial charge in [-0.05, 0) is 31.0 Å². The number of hydrogen-bond acceptors (Lipinski definition) is 5. The Hall–Kier alpha value is -2.68. The van der Waals surface area contributed by atoms with Crippen molar-refractivity contribution in [2.24, 2.45) is 0 Å². The molecule has 1 aliphatic rings. The van der Waals surface area contributed by atoms with Crippen molar-refractivity contribution in [2.45, 2.75) is 31.7 Å². The number of nitrogens with zero attached hydrogens (tertiary/aromatic N) is 5. The molecule has 4 heterocycles. The van der Waals surface area contributed by atoms with Gasteiger partial charge < -0.3 is 9.14 Å². The summed E-state index contributed by atoms with van der Waals surface area (Å²) in [5.41, 5.74) is 0.908. The van der Waals surface area contributed by atoms with Gasteiger partial charge in [0.2, 0.25) is 0 Å². The number of piperidine rings is 1. The molecule has 0 atom stereocenters. The van der Waals surface area contributed by atoms with Gasteiger partial charge >= 0.3 is 12.2 Å². The lowest BCUT2D eigenvalue weighted by Gasteiger charge is -2.31. The minimum Gasteiger partial charge on any atom is -0.460 e. The van der Waals surface area contributed by atoms with Crippen molar-refractivity contribution >= 4 is 5.65 Å². The van der Waals surface area contributed by atoms with Crippen LogP contribution in [-0.2, 0) is 12.7 Å². The highest BCUT2D eigenvalue weighted by molar-refractivity contribution is 5.39. The topological polar surface area (TPSA) is 55.5 Å². The Kier molecular flexibility index (Phi) is 4.69. The largest absolute Gasteiger partial charge is 0.460 e. The standard InChI is InChI=1S/C18H18F3N5O/c19-18(20,21)15-4-7-22-17(24-15)27-14-5-9-25(10-6-14)11-13-12-26-8-2-1-3-16(26)23-13/h1-4,7-8,12,14H,5-6,9-11H2. The Bertz CT molecular complexity index is 886. The molecule has 0 N–H and O–H groups in total. The van der Waals surface area contributed by atoms with Crippen LogP contribution in [0.1, 0.15) is 24.2 Å². The average molecular weight is 377 g/mol. The molecular formula is C18H18F3N5O. The molecule has 0 bridgehead atoms. The second-order valence-corrected chi connectivity index (χ2v) is 6.51. The van der Waals surface area contributed by atoms with Crippen molar-refractivity contribution in [2.75, 3.05) is 13.1 Å². The van der Waals surface area contributed by atoms with Gasteiger partial charge in [-0.15, -0.1) is 0 Å². The number of likely N-dealkylation sites (tertiary alicyclic amines) is 1. The molecule has 3 aromatic rings. The minimum absolute atomic E-state index is 0.189. The number of hydrogen-bond donors (Lipinski definition) is 0. The molecule has 1 fully saturated rings. The third kappa shape index (κ3) is 4.19. The fraction of sp³-hybridized carbons (Fsp3) is 0.389. The molecule has 0 spiro atoms. The molecule has 27 heavy (non-hydrogen) atoms. The Morgan fingerprint density at radius 3 is 2.67 bits per heavy atom. The van der Waals surface area contributed by atoms with Crippen molar-refractivity contribution in [1.82, 2.24) is 24.3 Å². The first-order chi connectivity index (χ1) is 13.0. The van der Waals surface area contributed by atoms with E-state index in [2.05, 4.69) is 19.9 Å². The number of rotatable bonds is 4. The maximum absolute atomic E-state index is 12.7.